The minimum atomic E-state index is 0.505. The Hall–Kier alpha value is -1.16. The minimum absolute atomic E-state index is 0.505. The maximum Gasteiger partial charge on any atom is 0.147 e. The summed E-state index contributed by atoms with van der Waals surface area (Å²) in [5.74, 6) is 1.80. The van der Waals surface area contributed by atoms with Gasteiger partial charge in [0.25, 0.3) is 0 Å². The fraction of sp³-hybridized carbons (Fsp3) is 0.571. The lowest BCUT2D eigenvalue weighted by Gasteiger charge is -2.28. The van der Waals surface area contributed by atoms with Gasteiger partial charge < -0.3 is 5.32 Å². The topological polar surface area (TPSA) is 37.8 Å². The molecule has 3 nitrogen and oxygen atoms in total. The molecule has 1 aliphatic carbocycles. The average Bonchev–Trinajstić information content (AvgIpc) is 2.89. The molecule has 3 rings (SSSR count). The summed E-state index contributed by atoms with van der Waals surface area (Å²) in [5.41, 5.74) is 1.05. The van der Waals surface area contributed by atoms with Crippen molar-refractivity contribution in [3.8, 4) is 0 Å². The standard InChI is InChI=1S/C14H19N3S/c1-10(11-5-3-2-4-6-11)17-14-13-12(7-8-18-13)15-9-16-14/h7-11H,2-6H2,1H3,(H,15,16,17). The maximum absolute atomic E-state index is 4.40. The Bertz CT molecular complexity index is 516. The summed E-state index contributed by atoms with van der Waals surface area (Å²) in [4.78, 5) is 8.68. The van der Waals surface area contributed by atoms with Gasteiger partial charge in [0.15, 0.2) is 0 Å². The number of hydrogen-bond donors (Lipinski definition) is 1. The number of aromatic nitrogens is 2. The van der Waals surface area contributed by atoms with Crippen LogP contribution in [0.2, 0.25) is 0 Å². The highest BCUT2D eigenvalue weighted by Gasteiger charge is 2.20. The van der Waals surface area contributed by atoms with Crippen molar-refractivity contribution in [2.24, 2.45) is 5.92 Å². The van der Waals surface area contributed by atoms with Gasteiger partial charge >= 0.3 is 0 Å². The van der Waals surface area contributed by atoms with Crippen molar-refractivity contribution in [2.75, 3.05) is 5.32 Å². The summed E-state index contributed by atoms with van der Waals surface area (Å²) in [6.45, 7) is 2.29. The van der Waals surface area contributed by atoms with Gasteiger partial charge in [-0.1, -0.05) is 19.3 Å². The second-order valence-electron chi connectivity index (χ2n) is 5.19. The first-order valence-electron chi connectivity index (χ1n) is 6.79. The minimum Gasteiger partial charge on any atom is -0.366 e. The van der Waals surface area contributed by atoms with Crippen LogP contribution in [0.3, 0.4) is 0 Å². The van der Waals surface area contributed by atoms with E-state index >= 15 is 0 Å². The van der Waals surface area contributed by atoms with Crippen LogP contribution in [0.4, 0.5) is 5.82 Å². The molecule has 1 N–H and O–H groups in total. The van der Waals surface area contributed by atoms with Crippen LogP contribution in [0.25, 0.3) is 10.2 Å². The van der Waals surface area contributed by atoms with Crippen LogP contribution in [0.5, 0.6) is 0 Å². The number of nitrogens with zero attached hydrogens (tertiary/aromatic N) is 2. The van der Waals surface area contributed by atoms with Gasteiger partial charge in [-0.15, -0.1) is 11.3 Å². The number of thiophene rings is 1. The third kappa shape index (κ3) is 2.34. The number of rotatable bonds is 3. The lowest BCUT2D eigenvalue weighted by molar-refractivity contribution is 0.328. The van der Waals surface area contributed by atoms with Gasteiger partial charge in [0.05, 0.1) is 10.2 Å². The van der Waals surface area contributed by atoms with E-state index in [1.807, 2.05) is 0 Å². The van der Waals surface area contributed by atoms with Crippen LogP contribution in [0, 0.1) is 5.92 Å². The molecule has 18 heavy (non-hydrogen) atoms. The summed E-state index contributed by atoms with van der Waals surface area (Å²) in [6.07, 6.45) is 8.54. The number of nitrogens with one attached hydrogen (secondary N) is 1. The van der Waals surface area contributed by atoms with Crippen LogP contribution in [0.15, 0.2) is 17.8 Å². The fourth-order valence-electron chi connectivity index (χ4n) is 2.86. The average molecular weight is 261 g/mol. The molecule has 1 fully saturated rings. The molecule has 0 radical (unpaired) electrons. The van der Waals surface area contributed by atoms with Crippen molar-refractivity contribution in [3.63, 3.8) is 0 Å². The smallest absolute Gasteiger partial charge is 0.147 e. The summed E-state index contributed by atoms with van der Waals surface area (Å²) in [5, 5.41) is 5.68. The van der Waals surface area contributed by atoms with Gasteiger partial charge in [0.2, 0.25) is 0 Å². The highest BCUT2D eigenvalue weighted by Crippen LogP contribution is 2.30. The zero-order valence-corrected chi connectivity index (χ0v) is 11.5. The van der Waals surface area contributed by atoms with E-state index in [9.17, 15) is 0 Å². The van der Waals surface area contributed by atoms with E-state index in [-0.39, 0.29) is 0 Å². The van der Waals surface area contributed by atoms with E-state index in [1.165, 1.54) is 36.8 Å². The largest absolute Gasteiger partial charge is 0.366 e. The molecule has 0 aliphatic heterocycles. The maximum atomic E-state index is 4.40. The SMILES string of the molecule is CC(Nc1ncnc2ccsc12)C1CCCCC1. The highest BCUT2D eigenvalue weighted by atomic mass is 32.1. The van der Waals surface area contributed by atoms with Gasteiger partial charge in [0.1, 0.15) is 12.1 Å². The van der Waals surface area contributed by atoms with Gasteiger partial charge in [-0.05, 0) is 37.1 Å². The quantitative estimate of drug-likeness (QED) is 0.905. The predicted molar refractivity (Wildman–Crippen MR) is 77.1 cm³/mol. The molecule has 0 bridgehead atoms. The van der Waals surface area contributed by atoms with E-state index in [2.05, 4.69) is 33.7 Å². The zero-order chi connectivity index (χ0) is 12.4. The Labute approximate surface area is 112 Å². The molecule has 1 saturated carbocycles. The molecule has 0 amide bonds. The van der Waals surface area contributed by atoms with Gasteiger partial charge in [-0.25, -0.2) is 9.97 Å². The zero-order valence-electron chi connectivity index (χ0n) is 10.7. The number of fused-ring (bicyclic) bond motifs is 1. The number of anilines is 1. The Morgan fingerprint density at radius 1 is 1.28 bits per heavy atom. The molecular weight excluding hydrogens is 242 g/mol. The van der Waals surface area contributed by atoms with E-state index < -0.39 is 0 Å². The molecule has 0 aromatic carbocycles. The Kier molecular flexibility index (Phi) is 3.46. The molecule has 4 heteroatoms. The fourth-order valence-corrected chi connectivity index (χ4v) is 3.66. The van der Waals surface area contributed by atoms with Crippen molar-refractivity contribution >= 4 is 27.4 Å². The molecule has 0 spiro atoms. The molecule has 1 unspecified atom stereocenters. The highest BCUT2D eigenvalue weighted by molar-refractivity contribution is 7.17. The van der Waals surface area contributed by atoms with E-state index in [1.54, 1.807) is 17.7 Å². The summed E-state index contributed by atoms with van der Waals surface area (Å²) in [6, 6.07) is 2.56. The monoisotopic (exact) mass is 261 g/mol. The van der Waals surface area contributed by atoms with Gasteiger partial charge in [0, 0.05) is 6.04 Å². The molecule has 2 aromatic heterocycles. The molecular formula is C14H19N3S. The van der Waals surface area contributed by atoms with Crippen LogP contribution in [-0.4, -0.2) is 16.0 Å². The van der Waals surface area contributed by atoms with Crippen LogP contribution in [0.1, 0.15) is 39.0 Å². The van der Waals surface area contributed by atoms with Crippen LogP contribution >= 0.6 is 11.3 Å². The Morgan fingerprint density at radius 2 is 2.11 bits per heavy atom. The van der Waals surface area contributed by atoms with Crippen LogP contribution < -0.4 is 5.32 Å². The second-order valence-corrected chi connectivity index (χ2v) is 6.10. The first kappa shape index (κ1) is 11.9. The summed E-state index contributed by atoms with van der Waals surface area (Å²) < 4.78 is 1.18. The second kappa shape index (κ2) is 5.22. The summed E-state index contributed by atoms with van der Waals surface area (Å²) in [7, 11) is 0. The molecule has 1 aliphatic rings. The lowest BCUT2D eigenvalue weighted by atomic mass is 9.84. The Balaban J connectivity index is 1.77. The van der Waals surface area contributed by atoms with Gasteiger partial charge in [-0.2, -0.15) is 0 Å². The van der Waals surface area contributed by atoms with Crippen molar-refractivity contribution in [1.82, 2.24) is 9.97 Å². The lowest BCUT2D eigenvalue weighted by Crippen LogP contribution is -2.28. The van der Waals surface area contributed by atoms with Crippen molar-refractivity contribution in [3.05, 3.63) is 17.8 Å². The Morgan fingerprint density at radius 3 is 2.94 bits per heavy atom. The normalized spacial score (nSPS) is 18.9. The first-order chi connectivity index (χ1) is 8.84. The molecule has 2 heterocycles. The van der Waals surface area contributed by atoms with Gasteiger partial charge in [-0.3, -0.25) is 0 Å². The van der Waals surface area contributed by atoms with E-state index in [4.69, 9.17) is 0 Å². The molecule has 0 saturated heterocycles. The molecule has 2 aromatic rings. The third-order valence-electron chi connectivity index (χ3n) is 3.96. The summed E-state index contributed by atoms with van der Waals surface area (Å²) >= 11 is 1.72. The predicted octanol–water partition coefficient (Wildman–Crippen LogP) is 4.07. The molecule has 96 valence electrons. The first-order valence-corrected chi connectivity index (χ1v) is 7.67. The van der Waals surface area contributed by atoms with E-state index in [0.717, 1.165) is 17.3 Å². The van der Waals surface area contributed by atoms with Crippen molar-refractivity contribution in [2.45, 2.75) is 45.1 Å². The van der Waals surface area contributed by atoms with Crippen LogP contribution in [-0.2, 0) is 0 Å². The number of hydrogen-bond acceptors (Lipinski definition) is 4. The van der Waals surface area contributed by atoms with E-state index in [0.29, 0.717) is 6.04 Å². The molecule has 1 atom stereocenters. The van der Waals surface area contributed by atoms with Crippen molar-refractivity contribution < 1.29 is 0 Å². The van der Waals surface area contributed by atoms with Crippen molar-refractivity contribution in [1.29, 1.82) is 0 Å². The third-order valence-corrected chi connectivity index (χ3v) is 4.87.